The monoisotopic (exact) mass is 423 g/mol. The summed E-state index contributed by atoms with van der Waals surface area (Å²) in [5, 5.41) is 0. The minimum atomic E-state index is -0.0220. The van der Waals surface area contributed by atoms with Crippen molar-refractivity contribution in [2.75, 3.05) is 40.1 Å². The highest BCUT2D eigenvalue weighted by molar-refractivity contribution is 5.92. The molecule has 162 valence electrons. The fourth-order valence-electron chi connectivity index (χ4n) is 4.30. The Kier molecular flexibility index (Phi) is 5.32. The van der Waals surface area contributed by atoms with Gasteiger partial charge in [0.25, 0.3) is 0 Å². The van der Waals surface area contributed by atoms with Gasteiger partial charge in [-0.25, -0.2) is 0 Å². The van der Waals surface area contributed by atoms with Crippen LogP contribution in [0.1, 0.15) is 30.0 Å². The first kappa shape index (κ1) is 19.6. The summed E-state index contributed by atoms with van der Waals surface area (Å²) in [5.41, 5.74) is 1.90. The Balaban J connectivity index is 1.34. The highest BCUT2D eigenvalue weighted by atomic mass is 16.6. The lowest BCUT2D eigenvalue weighted by Crippen LogP contribution is -2.29. The Labute approximate surface area is 181 Å². The highest BCUT2D eigenvalue weighted by Crippen LogP contribution is 2.41. The van der Waals surface area contributed by atoms with Crippen LogP contribution in [0.5, 0.6) is 28.7 Å². The maximum atomic E-state index is 13.0. The van der Waals surface area contributed by atoms with Crippen molar-refractivity contribution in [1.82, 2.24) is 4.90 Å². The number of rotatable bonds is 4. The molecule has 31 heavy (non-hydrogen) atoms. The van der Waals surface area contributed by atoms with Gasteiger partial charge in [-0.15, -0.1) is 0 Å². The first-order valence-electron chi connectivity index (χ1n) is 10.6. The molecule has 0 radical (unpaired) electrons. The molecule has 0 saturated carbocycles. The molecule has 5 rings (SSSR count). The Bertz CT molecular complexity index is 1000. The molecule has 0 aliphatic carbocycles. The van der Waals surface area contributed by atoms with Gasteiger partial charge in [0.05, 0.1) is 13.2 Å². The number of hydrogen-bond donors (Lipinski definition) is 0. The van der Waals surface area contributed by atoms with Crippen LogP contribution in [0.15, 0.2) is 36.4 Å². The smallest absolute Gasteiger partial charge is 0.247 e. The van der Waals surface area contributed by atoms with E-state index in [9.17, 15) is 4.79 Å². The number of nitrogens with zero attached hydrogens (tertiary/aromatic N) is 1. The quantitative estimate of drug-likeness (QED) is 0.700. The number of hydrogen-bond acceptors (Lipinski definition) is 6. The summed E-state index contributed by atoms with van der Waals surface area (Å²) in [6, 6.07) is 9.70. The summed E-state index contributed by atoms with van der Waals surface area (Å²) < 4.78 is 28.1. The predicted molar refractivity (Wildman–Crippen MR) is 114 cm³/mol. The predicted octanol–water partition coefficient (Wildman–Crippen LogP) is 3.61. The van der Waals surface area contributed by atoms with E-state index < -0.39 is 0 Å². The van der Waals surface area contributed by atoms with Gasteiger partial charge in [0.1, 0.15) is 26.4 Å². The topological polar surface area (TPSA) is 66.5 Å². The van der Waals surface area contributed by atoms with E-state index in [2.05, 4.69) is 0 Å². The summed E-state index contributed by atoms with van der Waals surface area (Å²) >= 11 is 0. The van der Waals surface area contributed by atoms with E-state index in [1.54, 1.807) is 19.3 Å². The maximum Gasteiger partial charge on any atom is 0.247 e. The van der Waals surface area contributed by atoms with Crippen molar-refractivity contribution in [3.8, 4) is 28.7 Å². The molecule has 7 nitrogen and oxygen atoms in total. The summed E-state index contributed by atoms with van der Waals surface area (Å²) in [4.78, 5) is 14.9. The van der Waals surface area contributed by atoms with Crippen LogP contribution >= 0.6 is 0 Å². The van der Waals surface area contributed by atoms with Crippen LogP contribution in [0.4, 0.5) is 0 Å². The number of fused-ring (bicyclic) bond motifs is 2. The Hall–Kier alpha value is -3.35. The molecule has 0 bridgehead atoms. The van der Waals surface area contributed by atoms with Crippen molar-refractivity contribution in [3.63, 3.8) is 0 Å². The lowest BCUT2D eigenvalue weighted by atomic mass is 10.0. The van der Waals surface area contributed by atoms with Crippen molar-refractivity contribution in [1.29, 1.82) is 0 Å². The van der Waals surface area contributed by atoms with Gasteiger partial charge >= 0.3 is 0 Å². The van der Waals surface area contributed by atoms with Crippen LogP contribution in [-0.4, -0.2) is 50.9 Å². The number of carbonyl (C=O) groups is 1. The summed E-state index contributed by atoms with van der Waals surface area (Å²) in [6.45, 7) is 2.83. The molecule has 3 heterocycles. The average Bonchev–Trinajstić information content (AvgIpc) is 3.32. The molecule has 3 aliphatic heterocycles. The fraction of sp³-hybridized carbons (Fsp3) is 0.375. The van der Waals surface area contributed by atoms with Crippen molar-refractivity contribution in [2.24, 2.45) is 0 Å². The van der Waals surface area contributed by atoms with Gasteiger partial charge in [0.15, 0.2) is 23.0 Å². The number of likely N-dealkylation sites (tertiary alicyclic amines) is 1. The maximum absolute atomic E-state index is 13.0. The van der Waals surface area contributed by atoms with Gasteiger partial charge in [-0.05, 0) is 54.3 Å². The molecule has 1 unspecified atom stereocenters. The van der Waals surface area contributed by atoms with Crippen LogP contribution < -0.4 is 23.7 Å². The first-order valence-corrected chi connectivity index (χ1v) is 10.6. The Morgan fingerprint density at radius 1 is 1.00 bits per heavy atom. The molecule has 1 amide bonds. The third kappa shape index (κ3) is 3.87. The van der Waals surface area contributed by atoms with E-state index in [4.69, 9.17) is 23.7 Å². The van der Waals surface area contributed by atoms with E-state index in [0.29, 0.717) is 43.7 Å². The number of methoxy groups -OCH3 is 1. The van der Waals surface area contributed by atoms with Crippen molar-refractivity contribution in [3.05, 3.63) is 47.5 Å². The van der Waals surface area contributed by atoms with Crippen LogP contribution in [0.25, 0.3) is 6.08 Å². The molecule has 2 aromatic carbocycles. The van der Waals surface area contributed by atoms with E-state index in [0.717, 1.165) is 42.0 Å². The van der Waals surface area contributed by atoms with Crippen LogP contribution in [-0.2, 0) is 4.79 Å². The Morgan fingerprint density at radius 3 is 2.61 bits per heavy atom. The number of amides is 1. The van der Waals surface area contributed by atoms with E-state index in [-0.39, 0.29) is 11.9 Å². The molecule has 2 aromatic rings. The molecule has 1 saturated heterocycles. The lowest BCUT2D eigenvalue weighted by molar-refractivity contribution is -0.126. The largest absolute Gasteiger partial charge is 0.493 e. The standard InChI is InChI=1S/C24H25NO6/c1-27-21-13-16(14-22-24(21)31-12-11-30-22)4-7-23(26)25-8-2-3-18(25)17-5-6-19-20(15-17)29-10-9-28-19/h4-7,13-15,18H,2-3,8-12H2,1H3/b7-4+. The molecule has 0 N–H and O–H groups in total. The molecular formula is C24H25NO6. The average molecular weight is 423 g/mol. The van der Waals surface area contributed by atoms with Crippen molar-refractivity contribution < 1.29 is 28.5 Å². The molecule has 1 atom stereocenters. The second kappa shape index (κ2) is 8.41. The number of carbonyl (C=O) groups excluding carboxylic acids is 1. The molecule has 1 fully saturated rings. The summed E-state index contributed by atoms with van der Waals surface area (Å²) in [7, 11) is 1.59. The minimum absolute atomic E-state index is 0.0220. The Morgan fingerprint density at radius 2 is 1.77 bits per heavy atom. The van der Waals surface area contributed by atoms with Gasteiger partial charge in [0, 0.05) is 12.6 Å². The van der Waals surface area contributed by atoms with Crippen LogP contribution in [0.2, 0.25) is 0 Å². The van der Waals surface area contributed by atoms with Crippen molar-refractivity contribution >= 4 is 12.0 Å². The van der Waals surface area contributed by atoms with Gasteiger partial charge in [-0.3, -0.25) is 4.79 Å². The zero-order chi connectivity index (χ0) is 21.2. The molecule has 7 heteroatoms. The third-order valence-electron chi connectivity index (χ3n) is 5.76. The van der Waals surface area contributed by atoms with E-state index in [1.807, 2.05) is 35.2 Å². The van der Waals surface area contributed by atoms with Gasteiger partial charge in [0.2, 0.25) is 11.7 Å². The normalized spacial score (nSPS) is 19.5. The molecule has 3 aliphatic rings. The zero-order valence-corrected chi connectivity index (χ0v) is 17.5. The highest BCUT2D eigenvalue weighted by Gasteiger charge is 2.30. The lowest BCUT2D eigenvalue weighted by Gasteiger charge is -2.26. The van der Waals surface area contributed by atoms with Gasteiger partial charge in [-0.2, -0.15) is 0 Å². The van der Waals surface area contributed by atoms with Crippen LogP contribution in [0, 0.1) is 0 Å². The molecular weight excluding hydrogens is 398 g/mol. The van der Waals surface area contributed by atoms with Gasteiger partial charge in [-0.1, -0.05) is 6.07 Å². The second-order valence-corrected chi connectivity index (χ2v) is 7.67. The first-order chi connectivity index (χ1) is 15.2. The third-order valence-corrected chi connectivity index (χ3v) is 5.76. The number of ether oxygens (including phenoxy) is 5. The molecule has 0 aromatic heterocycles. The summed E-state index contributed by atoms with van der Waals surface area (Å²) in [5.74, 6) is 3.33. The van der Waals surface area contributed by atoms with E-state index in [1.165, 1.54) is 0 Å². The number of benzene rings is 2. The fourth-order valence-corrected chi connectivity index (χ4v) is 4.30. The van der Waals surface area contributed by atoms with Crippen molar-refractivity contribution in [2.45, 2.75) is 18.9 Å². The van der Waals surface area contributed by atoms with E-state index >= 15 is 0 Å². The molecule has 0 spiro atoms. The van der Waals surface area contributed by atoms with Gasteiger partial charge < -0.3 is 28.6 Å². The second-order valence-electron chi connectivity index (χ2n) is 7.67. The minimum Gasteiger partial charge on any atom is -0.493 e. The zero-order valence-electron chi connectivity index (χ0n) is 17.5. The van der Waals surface area contributed by atoms with Crippen LogP contribution in [0.3, 0.4) is 0 Å². The summed E-state index contributed by atoms with van der Waals surface area (Å²) in [6.07, 6.45) is 5.30. The SMILES string of the molecule is COc1cc(/C=C/C(=O)N2CCCC2c2ccc3c(c2)OCCO3)cc2c1OCCO2.